The van der Waals surface area contributed by atoms with Gasteiger partial charge in [-0.2, -0.15) is 9.90 Å². The maximum absolute atomic E-state index is 12.9. The summed E-state index contributed by atoms with van der Waals surface area (Å²) in [6, 6.07) is 5.84. The Bertz CT molecular complexity index is 639. The summed E-state index contributed by atoms with van der Waals surface area (Å²) in [6.07, 6.45) is 3.31. The number of amides is 1. The molecule has 1 aliphatic heterocycles. The number of likely N-dealkylation sites (tertiary alicyclic amines) is 1. The average Bonchev–Trinajstić information content (AvgIpc) is 3.16. The monoisotopic (exact) mass is 289 g/mol. The van der Waals surface area contributed by atoms with Crippen LogP contribution in [0.4, 0.5) is 4.39 Å². The number of hydrogen-bond donors (Lipinski definition) is 1. The highest BCUT2D eigenvalue weighted by Gasteiger charge is 2.29. The van der Waals surface area contributed by atoms with E-state index in [1.165, 1.54) is 23.1 Å². The number of hydrogen-bond acceptors (Lipinski definition) is 4. The zero-order chi connectivity index (χ0) is 14.8. The number of carbonyl (C=O) groups is 1. The van der Waals surface area contributed by atoms with E-state index >= 15 is 0 Å². The van der Waals surface area contributed by atoms with Gasteiger partial charge in [-0.15, -0.1) is 5.10 Å². The highest BCUT2D eigenvalue weighted by molar-refractivity contribution is 5.92. The maximum Gasteiger partial charge on any atom is 0.276 e. The van der Waals surface area contributed by atoms with Crippen LogP contribution in [0.3, 0.4) is 0 Å². The molecule has 1 saturated heterocycles. The first-order valence-electron chi connectivity index (χ1n) is 6.88. The number of benzene rings is 1. The summed E-state index contributed by atoms with van der Waals surface area (Å²) >= 11 is 0. The SMILES string of the molecule is NC[C@@H]1CCCN1C(=O)c1cnn(-c2ccc(F)cc2)n1. The summed E-state index contributed by atoms with van der Waals surface area (Å²) in [6.45, 7) is 1.15. The summed E-state index contributed by atoms with van der Waals surface area (Å²) in [5, 5.41) is 8.24. The molecule has 110 valence electrons. The molecule has 1 aromatic heterocycles. The van der Waals surface area contributed by atoms with Crippen molar-refractivity contribution in [3.63, 3.8) is 0 Å². The number of carbonyl (C=O) groups excluding carboxylic acids is 1. The third-order valence-corrected chi connectivity index (χ3v) is 3.68. The smallest absolute Gasteiger partial charge is 0.276 e. The Morgan fingerprint density at radius 2 is 2.14 bits per heavy atom. The van der Waals surface area contributed by atoms with Gasteiger partial charge >= 0.3 is 0 Å². The fourth-order valence-electron chi connectivity index (χ4n) is 2.56. The Hall–Kier alpha value is -2.28. The van der Waals surface area contributed by atoms with E-state index in [1.807, 2.05) is 0 Å². The summed E-state index contributed by atoms with van der Waals surface area (Å²) in [7, 11) is 0. The Morgan fingerprint density at radius 3 is 2.86 bits per heavy atom. The molecule has 2 aromatic rings. The van der Waals surface area contributed by atoms with Crippen LogP contribution in [0, 0.1) is 5.82 Å². The quantitative estimate of drug-likeness (QED) is 0.913. The predicted octanol–water partition coefficient (Wildman–Crippen LogP) is 0.970. The van der Waals surface area contributed by atoms with Crippen LogP contribution in [-0.2, 0) is 0 Å². The van der Waals surface area contributed by atoms with Gasteiger partial charge in [-0.3, -0.25) is 4.79 Å². The maximum atomic E-state index is 12.9. The van der Waals surface area contributed by atoms with Crippen LogP contribution in [0.25, 0.3) is 5.69 Å². The van der Waals surface area contributed by atoms with Crippen molar-refractivity contribution in [1.29, 1.82) is 0 Å². The van der Waals surface area contributed by atoms with Crippen molar-refractivity contribution < 1.29 is 9.18 Å². The second-order valence-electron chi connectivity index (χ2n) is 5.03. The Morgan fingerprint density at radius 1 is 1.38 bits per heavy atom. The molecule has 1 atom stereocenters. The highest BCUT2D eigenvalue weighted by atomic mass is 19.1. The van der Waals surface area contributed by atoms with Crippen LogP contribution < -0.4 is 5.73 Å². The Labute approximate surface area is 121 Å². The number of aromatic nitrogens is 3. The first-order valence-corrected chi connectivity index (χ1v) is 6.88. The first kappa shape index (κ1) is 13.7. The van der Waals surface area contributed by atoms with Crippen LogP contribution in [0.15, 0.2) is 30.5 Å². The van der Waals surface area contributed by atoms with E-state index < -0.39 is 0 Å². The topological polar surface area (TPSA) is 77.0 Å². The van der Waals surface area contributed by atoms with Crippen LogP contribution in [0.1, 0.15) is 23.3 Å². The van der Waals surface area contributed by atoms with Crippen LogP contribution in [-0.4, -0.2) is 44.9 Å². The highest BCUT2D eigenvalue weighted by Crippen LogP contribution is 2.18. The van der Waals surface area contributed by atoms with Gasteiger partial charge in [0, 0.05) is 19.1 Å². The van der Waals surface area contributed by atoms with E-state index in [-0.39, 0.29) is 23.5 Å². The molecule has 0 unspecified atom stereocenters. The minimum absolute atomic E-state index is 0.0773. The minimum atomic E-state index is -0.329. The van der Waals surface area contributed by atoms with Gasteiger partial charge in [0.15, 0.2) is 5.69 Å². The molecule has 0 bridgehead atoms. The zero-order valence-electron chi connectivity index (χ0n) is 11.4. The Balaban J connectivity index is 1.81. The second kappa shape index (κ2) is 5.61. The summed E-state index contributed by atoms with van der Waals surface area (Å²) in [5.41, 5.74) is 6.56. The van der Waals surface area contributed by atoms with E-state index in [0.717, 1.165) is 12.8 Å². The van der Waals surface area contributed by atoms with Gasteiger partial charge in [0.2, 0.25) is 0 Å². The van der Waals surface area contributed by atoms with Gasteiger partial charge in [-0.25, -0.2) is 4.39 Å². The van der Waals surface area contributed by atoms with Crippen molar-refractivity contribution in [3.05, 3.63) is 42.0 Å². The largest absolute Gasteiger partial charge is 0.333 e. The van der Waals surface area contributed by atoms with Crippen molar-refractivity contribution >= 4 is 5.91 Å². The van der Waals surface area contributed by atoms with Crippen molar-refractivity contribution in [2.24, 2.45) is 5.73 Å². The van der Waals surface area contributed by atoms with Gasteiger partial charge in [0.05, 0.1) is 11.9 Å². The average molecular weight is 289 g/mol. The van der Waals surface area contributed by atoms with Crippen molar-refractivity contribution in [2.45, 2.75) is 18.9 Å². The number of rotatable bonds is 3. The van der Waals surface area contributed by atoms with E-state index in [4.69, 9.17) is 5.73 Å². The molecule has 6 nitrogen and oxygen atoms in total. The molecule has 3 rings (SSSR count). The summed E-state index contributed by atoms with van der Waals surface area (Å²) in [4.78, 5) is 15.5. The Kier molecular flexibility index (Phi) is 3.66. The molecule has 1 amide bonds. The molecule has 0 aliphatic carbocycles. The lowest BCUT2D eigenvalue weighted by atomic mass is 10.2. The first-order chi connectivity index (χ1) is 10.2. The van der Waals surface area contributed by atoms with Gasteiger partial charge in [0.1, 0.15) is 5.82 Å². The van der Waals surface area contributed by atoms with Crippen molar-refractivity contribution in [1.82, 2.24) is 19.9 Å². The molecule has 2 N–H and O–H groups in total. The fourth-order valence-corrected chi connectivity index (χ4v) is 2.56. The summed E-state index contributed by atoms with van der Waals surface area (Å²) in [5.74, 6) is -0.485. The van der Waals surface area contributed by atoms with Crippen molar-refractivity contribution in [2.75, 3.05) is 13.1 Å². The molecular formula is C14H16FN5O. The minimum Gasteiger partial charge on any atom is -0.333 e. The molecule has 0 saturated carbocycles. The standard InChI is InChI=1S/C14H16FN5O/c15-10-3-5-11(6-4-10)20-17-9-13(18-20)14(21)19-7-1-2-12(19)8-16/h3-6,9,12H,1-2,7-8,16H2/t12-/m0/s1. The predicted molar refractivity (Wildman–Crippen MR) is 74.4 cm³/mol. The molecular weight excluding hydrogens is 273 g/mol. The van der Waals surface area contributed by atoms with E-state index in [0.29, 0.717) is 18.8 Å². The van der Waals surface area contributed by atoms with E-state index in [1.54, 1.807) is 17.0 Å². The lowest BCUT2D eigenvalue weighted by Gasteiger charge is -2.22. The normalized spacial score (nSPS) is 18.2. The molecule has 21 heavy (non-hydrogen) atoms. The molecule has 7 heteroatoms. The molecule has 1 fully saturated rings. The molecule has 0 radical (unpaired) electrons. The van der Waals surface area contributed by atoms with E-state index in [2.05, 4.69) is 10.2 Å². The van der Waals surface area contributed by atoms with Gasteiger partial charge < -0.3 is 10.6 Å². The van der Waals surface area contributed by atoms with Gasteiger partial charge in [0.25, 0.3) is 5.91 Å². The fraction of sp³-hybridized carbons (Fsp3) is 0.357. The van der Waals surface area contributed by atoms with Crippen LogP contribution in [0.2, 0.25) is 0 Å². The van der Waals surface area contributed by atoms with Crippen molar-refractivity contribution in [3.8, 4) is 5.69 Å². The van der Waals surface area contributed by atoms with E-state index in [9.17, 15) is 9.18 Å². The third kappa shape index (κ3) is 2.64. The lowest BCUT2D eigenvalue weighted by Crippen LogP contribution is -2.40. The zero-order valence-corrected chi connectivity index (χ0v) is 11.4. The van der Waals surface area contributed by atoms with Crippen LogP contribution >= 0.6 is 0 Å². The number of halogens is 1. The van der Waals surface area contributed by atoms with Gasteiger partial charge in [-0.1, -0.05) is 0 Å². The van der Waals surface area contributed by atoms with Crippen LogP contribution in [0.5, 0.6) is 0 Å². The number of nitrogens with zero attached hydrogens (tertiary/aromatic N) is 4. The van der Waals surface area contributed by atoms with Gasteiger partial charge in [-0.05, 0) is 37.1 Å². The second-order valence-corrected chi connectivity index (χ2v) is 5.03. The third-order valence-electron chi connectivity index (χ3n) is 3.68. The summed E-state index contributed by atoms with van der Waals surface area (Å²) < 4.78 is 12.9. The number of nitrogens with two attached hydrogens (primary N) is 1. The molecule has 1 aromatic carbocycles. The molecule has 2 heterocycles. The lowest BCUT2D eigenvalue weighted by molar-refractivity contribution is 0.0734. The molecule has 1 aliphatic rings. The molecule has 0 spiro atoms.